The van der Waals surface area contributed by atoms with Crippen molar-refractivity contribution in [2.75, 3.05) is 18.9 Å². The number of fused-ring (bicyclic) bond motifs is 1. The summed E-state index contributed by atoms with van der Waals surface area (Å²) in [5.41, 5.74) is 13.2. The van der Waals surface area contributed by atoms with Gasteiger partial charge in [0.05, 0.1) is 6.61 Å². The Labute approximate surface area is 227 Å². The van der Waals surface area contributed by atoms with Gasteiger partial charge in [-0.2, -0.15) is 4.98 Å². The van der Waals surface area contributed by atoms with Gasteiger partial charge < -0.3 is 46.7 Å². The molecule has 40 heavy (non-hydrogen) atoms. The molecule has 222 valence electrons. The molecule has 0 radical (unpaired) electrons. The first kappa shape index (κ1) is 31.1. The average Bonchev–Trinajstić information content (AvgIpc) is 3.44. The summed E-state index contributed by atoms with van der Waals surface area (Å²) in [5, 5.41) is 31.6. The smallest absolute Gasteiger partial charge is 0.324 e. The number of esters is 2. The minimum absolute atomic E-state index is 0.316. The fourth-order valence-corrected chi connectivity index (χ4v) is 4.05. The molecule has 1 saturated heterocycles. The number of hydrogen-bond acceptors (Lipinski definition) is 15. The number of nitrogens with zero attached hydrogens (tertiary/aromatic N) is 3. The lowest BCUT2D eigenvalue weighted by molar-refractivity contribution is -0.192. The van der Waals surface area contributed by atoms with Crippen LogP contribution in [0.1, 0.15) is 27.7 Å². The molecule has 0 bridgehead atoms. The van der Waals surface area contributed by atoms with Crippen LogP contribution in [0.2, 0.25) is 0 Å². The molecule has 10 N–H and O–H groups in total. The maximum absolute atomic E-state index is 14.2. The van der Waals surface area contributed by atoms with Crippen molar-refractivity contribution < 1.29 is 43.9 Å². The second-order valence-electron chi connectivity index (χ2n) is 10.2. The highest BCUT2D eigenvalue weighted by atomic mass is 16.6. The van der Waals surface area contributed by atoms with Crippen molar-refractivity contribution in [1.29, 1.82) is 0 Å². The number of rotatable bonds is 11. The highest BCUT2D eigenvalue weighted by Gasteiger charge is 2.63. The second-order valence-corrected chi connectivity index (χ2v) is 10.2. The number of nitrogens with one attached hydrogen (secondary N) is 1. The van der Waals surface area contributed by atoms with Crippen molar-refractivity contribution in [3.8, 4) is 0 Å². The van der Waals surface area contributed by atoms with Crippen LogP contribution >= 0.6 is 0 Å². The first-order valence-electron chi connectivity index (χ1n) is 12.5. The van der Waals surface area contributed by atoms with Crippen LogP contribution < -0.4 is 22.8 Å². The monoisotopic (exact) mass is 569 g/mol. The van der Waals surface area contributed by atoms with Crippen LogP contribution in [0.3, 0.4) is 0 Å². The number of aliphatic hydroxyl groups excluding tert-OH is 3. The predicted octanol–water partition coefficient (Wildman–Crippen LogP) is -3.54. The first-order chi connectivity index (χ1) is 18.7. The molecule has 1 aliphatic rings. The number of carbonyl (C=O) groups is 3. The third kappa shape index (κ3) is 5.56. The van der Waals surface area contributed by atoms with Gasteiger partial charge in [0.2, 0.25) is 17.5 Å². The summed E-state index contributed by atoms with van der Waals surface area (Å²) in [6.07, 6.45) is -6.57. The van der Waals surface area contributed by atoms with E-state index in [2.05, 4.69) is 15.0 Å². The lowest BCUT2D eigenvalue weighted by atomic mass is 9.94. The molecule has 1 unspecified atom stereocenters. The maximum atomic E-state index is 14.2. The number of aromatic amines is 1. The number of aromatic nitrogens is 4. The van der Waals surface area contributed by atoms with Crippen LogP contribution in [0.4, 0.5) is 5.95 Å². The third-order valence-corrected chi connectivity index (χ3v) is 6.66. The summed E-state index contributed by atoms with van der Waals surface area (Å²) in [4.78, 5) is 62.0. The van der Waals surface area contributed by atoms with Crippen molar-refractivity contribution in [2.24, 2.45) is 23.3 Å². The molecule has 0 saturated carbocycles. The largest absolute Gasteiger partial charge is 0.460 e. The second kappa shape index (κ2) is 11.9. The molecule has 17 heteroatoms. The first-order valence-corrected chi connectivity index (χ1v) is 12.5. The molecule has 3 rings (SSSR count). The predicted molar refractivity (Wildman–Crippen MR) is 136 cm³/mol. The van der Waals surface area contributed by atoms with E-state index in [0.717, 1.165) is 10.9 Å². The van der Waals surface area contributed by atoms with Crippen molar-refractivity contribution in [1.82, 2.24) is 19.5 Å². The highest BCUT2D eigenvalue weighted by Crippen LogP contribution is 2.39. The van der Waals surface area contributed by atoms with Crippen molar-refractivity contribution in [3.05, 3.63) is 16.7 Å². The van der Waals surface area contributed by atoms with Gasteiger partial charge in [-0.05, 0) is 11.8 Å². The average molecular weight is 570 g/mol. The fourth-order valence-electron chi connectivity index (χ4n) is 4.05. The molecule has 2 aromatic rings. The van der Waals surface area contributed by atoms with Crippen molar-refractivity contribution in [3.63, 3.8) is 0 Å². The van der Waals surface area contributed by atoms with E-state index in [4.69, 9.17) is 31.4 Å². The van der Waals surface area contributed by atoms with E-state index < -0.39 is 84.6 Å². The molecule has 2 aromatic heterocycles. The number of nitrogens with two attached hydrogens (primary N) is 3. The molecule has 17 nitrogen and oxygen atoms in total. The van der Waals surface area contributed by atoms with E-state index in [1.807, 2.05) is 0 Å². The normalized spacial score (nSPS) is 25.2. The molecule has 0 aliphatic carbocycles. The van der Waals surface area contributed by atoms with Crippen LogP contribution in [-0.2, 0) is 34.3 Å². The molecular weight excluding hydrogens is 534 g/mol. The van der Waals surface area contributed by atoms with Crippen LogP contribution in [0.5, 0.6) is 0 Å². The Kier molecular flexibility index (Phi) is 9.28. The van der Waals surface area contributed by atoms with Crippen molar-refractivity contribution >= 4 is 34.8 Å². The van der Waals surface area contributed by atoms with E-state index in [0.29, 0.717) is 0 Å². The van der Waals surface area contributed by atoms with E-state index in [1.54, 1.807) is 27.7 Å². The number of anilines is 1. The maximum Gasteiger partial charge on any atom is 0.324 e. The van der Waals surface area contributed by atoms with Crippen molar-refractivity contribution in [2.45, 2.75) is 69.9 Å². The summed E-state index contributed by atoms with van der Waals surface area (Å²) >= 11 is 0. The zero-order chi connectivity index (χ0) is 30.1. The van der Waals surface area contributed by atoms with Gasteiger partial charge in [-0.15, -0.1) is 0 Å². The number of hydrogen-bond donors (Lipinski definition) is 7. The van der Waals surface area contributed by atoms with E-state index >= 15 is 0 Å². The molecule has 3 heterocycles. The number of ether oxygens (including phenoxy) is 3. The summed E-state index contributed by atoms with van der Waals surface area (Å²) < 4.78 is 17.1. The molecule has 7 atom stereocenters. The van der Waals surface area contributed by atoms with Gasteiger partial charge >= 0.3 is 11.9 Å². The summed E-state index contributed by atoms with van der Waals surface area (Å²) in [6.45, 7) is 4.85. The SMILES string of the molecule is CC(C)[C@H](N)C(=O)OCC(OC(=O)[C@@H](N)C(C)C)C(=O)[C@@]1(n2cnc3c(=O)[nH]c(N)nc32)O[C@H](CO)[C@@H](O)[C@H]1O. The highest BCUT2D eigenvalue weighted by molar-refractivity contribution is 5.94. The Hall–Kier alpha value is -3.48. The molecule has 0 amide bonds. The quantitative estimate of drug-likeness (QED) is 0.129. The van der Waals surface area contributed by atoms with Gasteiger partial charge in [-0.25, -0.2) is 4.98 Å². The van der Waals surface area contributed by atoms with Gasteiger partial charge in [-0.1, -0.05) is 27.7 Å². The lowest BCUT2D eigenvalue weighted by Crippen LogP contribution is -2.57. The number of H-pyrrole nitrogens is 1. The zero-order valence-corrected chi connectivity index (χ0v) is 22.4. The molecular formula is C23H35N7O10. The summed E-state index contributed by atoms with van der Waals surface area (Å²) in [5.74, 6) is -4.35. The third-order valence-electron chi connectivity index (χ3n) is 6.66. The number of Topliss-reactive ketones (excluding diaryl/α,β-unsaturated/α-hetero) is 1. The minimum atomic E-state index is -2.70. The standard InChI is InChI=1S/C23H35N7O10/c1-8(2)12(24)20(36)38-6-11(39-21(37)13(25)9(3)4)16(33)23(17(34)15(32)10(5-31)40-23)30-7-27-14-18(30)28-22(26)29-19(14)35/h7-13,15,17,31-32,34H,5-6,24-25H2,1-4H3,(H3,26,28,29,35)/t10-,11?,12+,13+,15-,17-,23-/m1/s1. The lowest BCUT2D eigenvalue weighted by Gasteiger charge is -2.35. The summed E-state index contributed by atoms with van der Waals surface area (Å²) in [6, 6.07) is -2.28. The van der Waals surface area contributed by atoms with Gasteiger partial charge in [0.25, 0.3) is 5.56 Å². The van der Waals surface area contributed by atoms with Gasteiger partial charge in [-0.3, -0.25) is 28.7 Å². The Balaban J connectivity index is 2.16. The van der Waals surface area contributed by atoms with Gasteiger partial charge in [0.15, 0.2) is 17.3 Å². The number of imidazole rings is 1. The van der Waals surface area contributed by atoms with E-state index in [-0.39, 0.29) is 23.0 Å². The van der Waals surface area contributed by atoms with Gasteiger partial charge in [0.1, 0.15) is 43.3 Å². The van der Waals surface area contributed by atoms with Crippen LogP contribution in [0.15, 0.2) is 11.1 Å². The van der Waals surface area contributed by atoms with E-state index in [1.165, 1.54) is 0 Å². The number of ketones is 1. The molecule has 0 aromatic carbocycles. The summed E-state index contributed by atoms with van der Waals surface area (Å²) in [7, 11) is 0. The molecule has 1 fully saturated rings. The number of aliphatic hydroxyl groups is 3. The molecule has 1 aliphatic heterocycles. The van der Waals surface area contributed by atoms with E-state index in [9.17, 15) is 34.5 Å². The molecule has 0 spiro atoms. The van der Waals surface area contributed by atoms with Crippen LogP contribution in [-0.4, -0.2) is 102 Å². The zero-order valence-electron chi connectivity index (χ0n) is 22.4. The Bertz CT molecular complexity index is 1310. The fraction of sp³-hybridized carbons (Fsp3) is 0.652. The number of nitrogen functional groups attached to an aromatic ring is 1. The Morgan fingerprint density at radius 2 is 1.75 bits per heavy atom. The van der Waals surface area contributed by atoms with Gasteiger partial charge in [0, 0.05) is 0 Å². The van der Waals surface area contributed by atoms with Crippen LogP contribution in [0, 0.1) is 11.8 Å². The van der Waals surface area contributed by atoms with Crippen LogP contribution in [0.25, 0.3) is 11.2 Å². The number of carbonyl (C=O) groups excluding carboxylic acids is 3. The Morgan fingerprint density at radius 3 is 2.30 bits per heavy atom. The minimum Gasteiger partial charge on any atom is -0.460 e. The topological polar surface area (TPSA) is 281 Å². The Morgan fingerprint density at radius 1 is 1.15 bits per heavy atom.